The van der Waals surface area contributed by atoms with Crippen LogP contribution < -0.4 is 19.9 Å². The third kappa shape index (κ3) is 8.88. The smallest absolute Gasteiger partial charge is 0.184 e. The normalized spacial score (nSPS) is 11.0. The number of benzene rings is 4. The summed E-state index contributed by atoms with van der Waals surface area (Å²) >= 11 is 0. The number of rotatable bonds is 14. The van der Waals surface area contributed by atoms with E-state index >= 15 is 0 Å². The molecule has 42 heavy (non-hydrogen) atoms. The highest BCUT2D eigenvalue weighted by Gasteiger charge is 2.09. The van der Waals surface area contributed by atoms with E-state index in [1.807, 2.05) is 135 Å². The molecule has 0 aliphatic carbocycles. The van der Waals surface area contributed by atoms with Crippen molar-refractivity contribution in [2.24, 2.45) is 4.99 Å². The molecule has 7 heteroatoms. The fourth-order valence-corrected chi connectivity index (χ4v) is 4.33. The first-order valence-electron chi connectivity index (χ1n) is 13.9. The largest absolute Gasteiger partial charge is 0.489 e. The van der Waals surface area contributed by atoms with E-state index in [0.717, 1.165) is 28.1 Å². The number of carbonyl (C=O) groups is 2. The minimum Gasteiger partial charge on any atom is -0.489 e. The van der Waals surface area contributed by atoms with Crippen molar-refractivity contribution in [2.45, 2.75) is 13.2 Å². The van der Waals surface area contributed by atoms with Gasteiger partial charge in [-0.3, -0.25) is 14.6 Å². The molecule has 4 aromatic rings. The Morgan fingerprint density at radius 2 is 1.33 bits per heavy atom. The number of Topliss-reactive ketones (excluding diaryl/α,β-unsaturated/α-hetero) is 2. The molecule has 4 aromatic carbocycles. The maximum absolute atomic E-state index is 12.7. The van der Waals surface area contributed by atoms with Gasteiger partial charge < -0.3 is 19.9 Å². The van der Waals surface area contributed by atoms with E-state index in [4.69, 9.17) is 4.74 Å². The third-order valence-corrected chi connectivity index (χ3v) is 6.74. The zero-order chi connectivity index (χ0) is 29.9. The number of ketones is 2. The summed E-state index contributed by atoms with van der Waals surface area (Å²) in [5, 5.41) is 3.26. The average molecular weight is 563 g/mol. The molecule has 0 saturated heterocycles. The van der Waals surface area contributed by atoms with Crippen LogP contribution in [0.25, 0.3) is 0 Å². The van der Waals surface area contributed by atoms with Gasteiger partial charge in [-0.05, 0) is 83.4 Å². The first-order chi connectivity index (χ1) is 20.3. The number of nitrogens with zero attached hydrogens (tertiary/aromatic N) is 3. The van der Waals surface area contributed by atoms with Gasteiger partial charge in [-0.15, -0.1) is 0 Å². The standard InChI is InChI=1S/C35H38N4O3/c1-38(2)31-14-10-29(11-15-31)34(40)23-36-21-27-18-28(20-33(19-27)42-25-26-8-6-5-7-9-26)22-37-24-35(41)30-12-16-32(17-13-30)39(3)4/h5-21,37H,22-25H2,1-4H3. The molecule has 0 amide bonds. The van der Waals surface area contributed by atoms with Crippen LogP contribution in [-0.2, 0) is 13.2 Å². The van der Waals surface area contributed by atoms with Crippen molar-refractivity contribution < 1.29 is 14.3 Å². The van der Waals surface area contributed by atoms with E-state index in [2.05, 4.69) is 10.3 Å². The van der Waals surface area contributed by atoms with Crippen molar-refractivity contribution in [2.75, 3.05) is 51.1 Å². The lowest BCUT2D eigenvalue weighted by Gasteiger charge is -2.13. The van der Waals surface area contributed by atoms with Gasteiger partial charge in [0.1, 0.15) is 18.9 Å². The van der Waals surface area contributed by atoms with E-state index < -0.39 is 0 Å². The van der Waals surface area contributed by atoms with Crippen molar-refractivity contribution in [3.63, 3.8) is 0 Å². The predicted octanol–water partition coefficient (Wildman–Crippen LogP) is 5.67. The number of hydrogen-bond acceptors (Lipinski definition) is 7. The second-order valence-corrected chi connectivity index (χ2v) is 10.5. The molecule has 7 nitrogen and oxygen atoms in total. The van der Waals surface area contributed by atoms with E-state index in [9.17, 15) is 9.59 Å². The van der Waals surface area contributed by atoms with Crippen LogP contribution in [0.1, 0.15) is 37.4 Å². The predicted molar refractivity (Wildman–Crippen MR) is 172 cm³/mol. The van der Waals surface area contributed by atoms with Crippen LogP contribution in [0.4, 0.5) is 11.4 Å². The van der Waals surface area contributed by atoms with Crippen LogP contribution in [0.15, 0.2) is 102 Å². The lowest BCUT2D eigenvalue weighted by molar-refractivity contribution is 0.0987. The fourth-order valence-electron chi connectivity index (χ4n) is 4.33. The van der Waals surface area contributed by atoms with Crippen molar-refractivity contribution >= 4 is 29.2 Å². The second-order valence-electron chi connectivity index (χ2n) is 10.5. The Bertz CT molecular complexity index is 1500. The van der Waals surface area contributed by atoms with Gasteiger partial charge >= 0.3 is 0 Å². The Hall–Kier alpha value is -4.75. The zero-order valence-electron chi connectivity index (χ0n) is 24.7. The van der Waals surface area contributed by atoms with Crippen LogP contribution in [0.5, 0.6) is 5.75 Å². The Kier molecular flexibility index (Phi) is 10.6. The number of hydrogen-bond donors (Lipinski definition) is 1. The minimum atomic E-state index is -0.0490. The number of anilines is 2. The number of ether oxygens (including phenoxy) is 1. The molecule has 216 valence electrons. The molecule has 1 N–H and O–H groups in total. The lowest BCUT2D eigenvalue weighted by atomic mass is 10.1. The Morgan fingerprint density at radius 3 is 1.93 bits per heavy atom. The fraction of sp³-hybridized carbons (Fsp3) is 0.229. The summed E-state index contributed by atoms with van der Waals surface area (Å²) in [5.74, 6) is 0.665. The Morgan fingerprint density at radius 1 is 0.738 bits per heavy atom. The van der Waals surface area contributed by atoms with Crippen molar-refractivity contribution in [1.29, 1.82) is 0 Å². The SMILES string of the molecule is CN(C)c1ccc(C(=O)CN=Cc2cc(CNCC(=O)c3ccc(N(C)C)cc3)cc(OCc3ccccc3)c2)cc1. The molecule has 4 rings (SSSR count). The molecule has 0 aliphatic rings. The maximum atomic E-state index is 12.7. The third-order valence-electron chi connectivity index (χ3n) is 6.74. The highest BCUT2D eigenvalue weighted by atomic mass is 16.5. The lowest BCUT2D eigenvalue weighted by Crippen LogP contribution is -2.22. The summed E-state index contributed by atoms with van der Waals surface area (Å²) in [6, 6.07) is 30.9. The van der Waals surface area contributed by atoms with Crippen molar-refractivity contribution in [3.8, 4) is 5.75 Å². The maximum Gasteiger partial charge on any atom is 0.184 e. The summed E-state index contributed by atoms with van der Waals surface area (Å²) in [6.07, 6.45) is 1.70. The van der Waals surface area contributed by atoms with Gasteiger partial charge in [0, 0.05) is 63.5 Å². The molecule has 0 fully saturated rings. The van der Waals surface area contributed by atoms with Crippen LogP contribution in [0.2, 0.25) is 0 Å². The summed E-state index contributed by atoms with van der Waals surface area (Å²) in [4.78, 5) is 33.8. The molecule has 0 atom stereocenters. The van der Waals surface area contributed by atoms with Gasteiger partial charge in [0.25, 0.3) is 0 Å². The van der Waals surface area contributed by atoms with Gasteiger partial charge in [-0.2, -0.15) is 0 Å². The highest BCUT2D eigenvalue weighted by molar-refractivity contribution is 5.99. The first-order valence-corrected chi connectivity index (χ1v) is 13.9. The van der Waals surface area contributed by atoms with E-state index in [0.29, 0.717) is 30.0 Å². The molecular formula is C35H38N4O3. The molecule has 0 aromatic heterocycles. The Labute approximate surface area is 248 Å². The molecule has 0 radical (unpaired) electrons. The van der Waals surface area contributed by atoms with E-state index in [-0.39, 0.29) is 24.7 Å². The molecule has 0 heterocycles. The van der Waals surface area contributed by atoms with Crippen molar-refractivity contribution in [3.05, 3.63) is 125 Å². The summed E-state index contributed by atoms with van der Waals surface area (Å²) in [5.41, 5.74) is 6.21. The number of aliphatic imine (C=N–C) groups is 1. The topological polar surface area (TPSA) is 74.2 Å². The molecule has 0 bridgehead atoms. The first kappa shape index (κ1) is 30.2. The van der Waals surface area contributed by atoms with Crippen LogP contribution in [0, 0.1) is 0 Å². The van der Waals surface area contributed by atoms with Gasteiger partial charge in [0.2, 0.25) is 0 Å². The summed E-state index contributed by atoms with van der Waals surface area (Å²) < 4.78 is 6.10. The van der Waals surface area contributed by atoms with Crippen LogP contribution in [0.3, 0.4) is 0 Å². The van der Waals surface area contributed by atoms with Gasteiger partial charge in [-0.1, -0.05) is 30.3 Å². The molecular weight excluding hydrogens is 524 g/mol. The van der Waals surface area contributed by atoms with Gasteiger partial charge in [-0.25, -0.2) is 0 Å². The summed E-state index contributed by atoms with van der Waals surface area (Å²) in [7, 11) is 7.86. The quantitative estimate of drug-likeness (QED) is 0.158. The molecule has 0 aliphatic heterocycles. The monoisotopic (exact) mass is 562 g/mol. The molecule has 0 spiro atoms. The van der Waals surface area contributed by atoms with Gasteiger partial charge in [0.15, 0.2) is 11.6 Å². The van der Waals surface area contributed by atoms with Crippen LogP contribution in [-0.4, -0.2) is 59.1 Å². The highest BCUT2D eigenvalue weighted by Crippen LogP contribution is 2.19. The molecule has 0 unspecified atom stereocenters. The van der Waals surface area contributed by atoms with E-state index in [1.165, 1.54) is 0 Å². The zero-order valence-corrected chi connectivity index (χ0v) is 24.7. The van der Waals surface area contributed by atoms with Gasteiger partial charge in [0.05, 0.1) is 6.54 Å². The Balaban J connectivity index is 1.42. The minimum absolute atomic E-state index is 0.0238. The number of carbonyl (C=O) groups excluding carboxylic acids is 2. The summed E-state index contributed by atoms with van der Waals surface area (Å²) in [6.45, 7) is 1.16. The molecule has 0 saturated carbocycles. The van der Waals surface area contributed by atoms with Crippen molar-refractivity contribution in [1.82, 2.24) is 5.32 Å². The van der Waals surface area contributed by atoms with E-state index in [1.54, 1.807) is 6.21 Å². The van der Waals surface area contributed by atoms with Crippen LogP contribution >= 0.6 is 0 Å². The average Bonchev–Trinajstić information content (AvgIpc) is 3.00. The second kappa shape index (κ2) is 14.8. The number of nitrogens with one attached hydrogen (secondary N) is 1.